The van der Waals surface area contributed by atoms with Crippen molar-refractivity contribution in [3.05, 3.63) is 54.6 Å². The summed E-state index contributed by atoms with van der Waals surface area (Å²) in [5.74, 6) is 0. The van der Waals surface area contributed by atoms with Crippen molar-refractivity contribution in [2.45, 2.75) is 0 Å². The molecule has 0 heterocycles. The molecule has 2 aromatic rings. The highest BCUT2D eigenvalue weighted by Gasteiger charge is 1.99. The van der Waals surface area contributed by atoms with Gasteiger partial charge in [0.1, 0.15) is 0 Å². The Bertz CT molecular complexity index is 514. The van der Waals surface area contributed by atoms with E-state index in [2.05, 4.69) is 10.3 Å². The largest absolute Gasteiger partial charge is 0.354 e. The lowest BCUT2D eigenvalue weighted by Gasteiger charge is -2.07. The predicted molar refractivity (Wildman–Crippen MR) is 66.0 cm³/mol. The van der Waals surface area contributed by atoms with Crippen LogP contribution in [0, 0.1) is 5.41 Å². The van der Waals surface area contributed by atoms with Gasteiger partial charge in [-0.15, -0.1) is 0 Å². The third-order valence-corrected chi connectivity index (χ3v) is 2.13. The summed E-state index contributed by atoms with van der Waals surface area (Å²) in [5.41, 5.74) is 2.57. The Labute approximate surface area is 94.0 Å². The second kappa shape index (κ2) is 4.91. The maximum Gasteiger partial charge on any atom is 0.0980 e. The molecule has 0 saturated carbocycles. The first kappa shape index (κ1) is 10.1. The average molecular weight is 209 g/mol. The Morgan fingerprint density at radius 3 is 2.38 bits per heavy atom. The molecule has 0 spiro atoms. The van der Waals surface area contributed by atoms with E-state index < -0.39 is 0 Å². The van der Waals surface area contributed by atoms with Gasteiger partial charge in [0.15, 0.2) is 0 Å². The molecule has 0 aliphatic carbocycles. The van der Waals surface area contributed by atoms with Crippen molar-refractivity contribution >= 4 is 23.1 Å². The summed E-state index contributed by atoms with van der Waals surface area (Å²) < 4.78 is 0. The van der Waals surface area contributed by atoms with E-state index in [9.17, 15) is 0 Å². The fraction of sp³-hybridized carbons (Fsp3) is 0. The predicted octanol–water partition coefficient (Wildman–Crippen LogP) is 3.81. The zero-order valence-corrected chi connectivity index (χ0v) is 8.64. The van der Waals surface area contributed by atoms with Gasteiger partial charge in [-0.2, -0.15) is 4.99 Å². The van der Waals surface area contributed by atoms with Crippen LogP contribution in [-0.4, -0.2) is 6.01 Å². The van der Waals surface area contributed by atoms with Gasteiger partial charge in [0, 0.05) is 5.69 Å². The minimum Gasteiger partial charge on any atom is -0.354 e. The SMILES string of the molecule is N=C=Nc1ccccc1Nc1ccccc1. The fourth-order valence-electron chi connectivity index (χ4n) is 1.41. The van der Waals surface area contributed by atoms with Crippen molar-refractivity contribution in [3.8, 4) is 0 Å². The minimum atomic E-state index is 0.710. The summed E-state index contributed by atoms with van der Waals surface area (Å²) in [4.78, 5) is 3.86. The molecule has 0 aliphatic heterocycles. The number of hydrogen-bond donors (Lipinski definition) is 2. The highest BCUT2D eigenvalue weighted by atomic mass is 14.9. The summed E-state index contributed by atoms with van der Waals surface area (Å²) in [6.07, 6.45) is 0. The van der Waals surface area contributed by atoms with Gasteiger partial charge in [0.25, 0.3) is 0 Å². The van der Waals surface area contributed by atoms with Gasteiger partial charge in [0.2, 0.25) is 0 Å². The van der Waals surface area contributed by atoms with Crippen LogP contribution in [-0.2, 0) is 0 Å². The summed E-state index contributed by atoms with van der Waals surface area (Å²) in [6, 6.07) is 19.5. The summed E-state index contributed by atoms with van der Waals surface area (Å²) in [5, 5.41) is 10.1. The lowest BCUT2D eigenvalue weighted by atomic mass is 10.2. The molecule has 0 aliphatic rings. The molecule has 0 saturated heterocycles. The second-order valence-corrected chi connectivity index (χ2v) is 3.23. The molecule has 0 fully saturated rings. The molecular formula is C13H11N3. The van der Waals surface area contributed by atoms with E-state index in [1.807, 2.05) is 60.6 Å². The molecule has 2 aromatic carbocycles. The molecule has 2 rings (SSSR count). The van der Waals surface area contributed by atoms with E-state index >= 15 is 0 Å². The van der Waals surface area contributed by atoms with E-state index in [1.54, 1.807) is 0 Å². The average Bonchev–Trinajstić information content (AvgIpc) is 2.33. The van der Waals surface area contributed by atoms with Gasteiger partial charge < -0.3 is 5.32 Å². The Kier molecular flexibility index (Phi) is 3.12. The lowest BCUT2D eigenvalue weighted by molar-refractivity contribution is 1.46. The third kappa shape index (κ3) is 2.35. The van der Waals surface area contributed by atoms with Crippen molar-refractivity contribution in [1.82, 2.24) is 0 Å². The number of rotatable bonds is 3. The molecule has 0 radical (unpaired) electrons. The van der Waals surface area contributed by atoms with Gasteiger partial charge in [-0.3, -0.25) is 0 Å². The molecular weight excluding hydrogens is 198 g/mol. The van der Waals surface area contributed by atoms with E-state index in [0.717, 1.165) is 11.4 Å². The third-order valence-electron chi connectivity index (χ3n) is 2.13. The minimum absolute atomic E-state index is 0.710. The number of nitrogens with zero attached hydrogens (tertiary/aromatic N) is 1. The molecule has 2 N–H and O–H groups in total. The molecule has 3 nitrogen and oxygen atoms in total. The topological polar surface area (TPSA) is 48.2 Å². The molecule has 3 heteroatoms. The van der Waals surface area contributed by atoms with E-state index in [0.29, 0.717) is 5.69 Å². The second-order valence-electron chi connectivity index (χ2n) is 3.23. The molecule has 0 aromatic heterocycles. The first-order valence-electron chi connectivity index (χ1n) is 4.94. The molecule has 0 atom stereocenters. The van der Waals surface area contributed by atoms with Crippen LogP contribution in [0.5, 0.6) is 0 Å². The van der Waals surface area contributed by atoms with Gasteiger partial charge in [-0.05, 0) is 24.3 Å². The molecule has 16 heavy (non-hydrogen) atoms. The highest BCUT2D eigenvalue weighted by molar-refractivity contribution is 5.73. The van der Waals surface area contributed by atoms with Crippen LogP contribution in [0.2, 0.25) is 0 Å². The van der Waals surface area contributed by atoms with Crippen molar-refractivity contribution in [1.29, 1.82) is 5.41 Å². The van der Waals surface area contributed by atoms with Crippen molar-refractivity contribution in [3.63, 3.8) is 0 Å². The number of anilines is 2. The van der Waals surface area contributed by atoms with Crippen LogP contribution in [0.25, 0.3) is 0 Å². The summed E-state index contributed by atoms with van der Waals surface area (Å²) in [6.45, 7) is 0. The number of nitrogens with one attached hydrogen (secondary N) is 2. The van der Waals surface area contributed by atoms with Crippen LogP contribution in [0.3, 0.4) is 0 Å². The quantitative estimate of drug-likeness (QED) is 0.742. The zero-order valence-electron chi connectivity index (χ0n) is 8.64. The number of hydrogen-bond acceptors (Lipinski definition) is 3. The van der Waals surface area contributed by atoms with Crippen molar-refractivity contribution in [2.75, 3.05) is 5.32 Å². The van der Waals surface area contributed by atoms with Crippen LogP contribution >= 0.6 is 0 Å². The van der Waals surface area contributed by atoms with Crippen LogP contribution < -0.4 is 5.32 Å². The van der Waals surface area contributed by atoms with Gasteiger partial charge in [-0.1, -0.05) is 30.3 Å². The Morgan fingerprint density at radius 2 is 1.62 bits per heavy atom. The van der Waals surface area contributed by atoms with E-state index in [4.69, 9.17) is 5.41 Å². The Morgan fingerprint density at radius 1 is 0.938 bits per heavy atom. The Hall–Kier alpha value is -2.38. The lowest BCUT2D eigenvalue weighted by Crippen LogP contribution is -1.89. The molecule has 0 bridgehead atoms. The number of para-hydroxylation sites is 3. The maximum absolute atomic E-state index is 6.87. The summed E-state index contributed by atoms with van der Waals surface area (Å²) in [7, 11) is 0. The van der Waals surface area contributed by atoms with Crippen molar-refractivity contribution < 1.29 is 0 Å². The highest BCUT2D eigenvalue weighted by Crippen LogP contribution is 2.26. The molecule has 0 amide bonds. The number of benzene rings is 2. The van der Waals surface area contributed by atoms with Crippen molar-refractivity contribution in [2.24, 2.45) is 4.99 Å². The normalized spacial score (nSPS) is 9.25. The monoisotopic (exact) mass is 209 g/mol. The number of aliphatic imine (C=N–C) groups is 1. The van der Waals surface area contributed by atoms with E-state index in [1.165, 1.54) is 0 Å². The Balaban J connectivity index is 2.31. The molecule has 78 valence electrons. The van der Waals surface area contributed by atoms with Crippen LogP contribution in [0.4, 0.5) is 17.1 Å². The maximum atomic E-state index is 6.87. The van der Waals surface area contributed by atoms with Crippen LogP contribution in [0.1, 0.15) is 0 Å². The smallest absolute Gasteiger partial charge is 0.0980 e. The summed E-state index contributed by atoms with van der Waals surface area (Å²) >= 11 is 0. The molecule has 0 unspecified atom stereocenters. The standard InChI is InChI=1S/C13H11N3/c14-10-15-12-8-4-5-9-13(12)16-11-6-2-1-3-7-11/h1-9,14,16H. The van der Waals surface area contributed by atoms with Gasteiger partial charge in [0.05, 0.1) is 17.4 Å². The fourth-order valence-corrected chi connectivity index (χ4v) is 1.41. The first-order chi connectivity index (χ1) is 7.90. The van der Waals surface area contributed by atoms with Gasteiger partial charge in [-0.25, -0.2) is 5.41 Å². The van der Waals surface area contributed by atoms with Crippen LogP contribution in [0.15, 0.2) is 59.6 Å². The van der Waals surface area contributed by atoms with Gasteiger partial charge >= 0.3 is 0 Å². The van der Waals surface area contributed by atoms with E-state index in [-0.39, 0.29) is 0 Å². The zero-order chi connectivity index (χ0) is 11.2. The first-order valence-corrected chi connectivity index (χ1v) is 4.94.